The zero-order valence-corrected chi connectivity index (χ0v) is 26.8. The van der Waals surface area contributed by atoms with Crippen LogP contribution in [0.4, 0.5) is 10.1 Å². The minimum Gasteiger partial charge on any atom is -0.497 e. The molecule has 47 heavy (non-hydrogen) atoms. The van der Waals surface area contributed by atoms with Gasteiger partial charge in [-0.05, 0) is 109 Å². The van der Waals surface area contributed by atoms with Gasteiger partial charge in [-0.3, -0.25) is 9.69 Å². The Morgan fingerprint density at radius 3 is 2.34 bits per heavy atom. The van der Waals surface area contributed by atoms with E-state index in [4.69, 9.17) is 19.2 Å². The lowest BCUT2D eigenvalue weighted by atomic mass is 10.0. The van der Waals surface area contributed by atoms with Crippen LogP contribution in [-0.4, -0.2) is 40.8 Å². The number of carbonyl (C=O) groups excluding carboxylic acids is 1. The van der Waals surface area contributed by atoms with Crippen molar-refractivity contribution >= 4 is 40.6 Å². The summed E-state index contributed by atoms with van der Waals surface area (Å²) in [6, 6.07) is 23.5. The molecule has 4 aromatic rings. The Morgan fingerprint density at radius 2 is 1.70 bits per heavy atom. The molecule has 4 aromatic carbocycles. The first-order valence-corrected chi connectivity index (χ1v) is 15.6. The molecular weight excluding hydrogens is 619 g/mol. The Labute approximate surface area is 276 Å². The highest BCUT2D eigenvalue weighted by Crippen LogP contribution is 2.39. The fraction of sp³-hybridized carbons (Fsp3) is 0.162. The molecule has 0 radical (unpaired) electrons. The predicted molar refractivity (Wildman–Crippen MR) is 182 cm³/mol. The van der Waals surface area contributed by atoms with Crippen LogP contribution in [0, 0.1) is 5.82 Å². The van der Waals surface area contributed by atoms with E-state index < -0.39 is 5.97 Å². The van der Waals surface area contributed by atoms with Gasteiger partial charge < -0.3 is 19.3 Å². The molecule has 1 heterocycles. The molecule has 240 valence electrons. The summed E-state index contributed by atoms with van der Waals surface area (Å²) in [6.07, 6.45) is 4.04. The number of methoxy groups -OCH3 is 1. The lowest BCUT2D eigenvalue weighted by Crippen LogP contribution is -2.28. The highest BCUT2D eigenvalue weighted by molar-refractivity contribution is 8.18. The van der Waals surface area contributed by atoms with E-state index in [1.54, 1.807) is 72.7 Å². The van der Waals surface area contributed by atoms with Crippen LogP contribution >= 0.6 is 11.8 Å². The van der Waals surface area contributed by atoms with Crippen molar-refractivity contribution in [3.05, 3.63) is 136 Å². The normalized spacial score (nSPS) is 14.4. The number of hydrogen-bond acceptors (Lipinski definition) is 7. The zero-order chi connectivity index (χ0) is 33.3. The lowest BCUT2D eigenvalue weighted by molar-refractivity contribution is -0.122. The van der Waals surface area contributed by atoms with E-state index in [2.05, 4.69) is 6.58 Å². The smallest absolute Gasteiger partial charge is 0.335 e. The molecule has 1 aliphatic rings. The highest BCUT2D eigenvalue weighted by Gasteiger charge is 2.34. The molecule has 1 saturated heterocycles. The monoisotopic (exact) mass is 652 g/mol. The average Bonchev–Trinajstić information content (AvgIpc) is 3.34. The first-order chi connectivity index (χ1) is 22.8. The van der Waals surface area contributed by atoms with Crippen LogP contribution in [-0.2, 0) is 24.4 Å². The number of halogens is 1. The van der Waals surface area contributed by atoms with E-state index in [1.807, 2.05) is 19.1 Å². The van der Waals surface area contributed by atoms with Gasteiger partial charge in [0.25, 0.3) is 5.91 Å². The average molecular weight is 653 g/mol. The summed E-state index contributed by atoms with van der Waals surface area (Å²) < 4.78 is 30.9. The summed E-state index contributed by atoms with van der Waals surface area (Å²) in [6.45, 7) is 6.57. The van der Waals surface area contributed by atoms with Crippen LogP contribution in [0.3, 0.4) is 0 Å². The Balaban J connectivity index is 1.49. The maximum Gasteiger partial charge on any atom is 0.335 e. The number of allylic oxidation sites excluding steroid dienone is 1. The van der Waals surface area contributed by atoms with Crippen molar-refractivity contribution in [2.45, 2.75) is 26.5 Å². The number of carboxylic acids is 1. The number of nitrogens with zero attached hydrogens (tertiary/aromatic N) is 2. The molecule has 0 atom stereocenters. The third-order valence-electron chi connectivity index (χ3n) is 7.14. The van der Waals surface area contributed by atoms with Crippen molar-refractivity contribution in [2.75, 3.05) is 13.7 Å². The first kappa shape index (κ1) is 33.0. The summed E-state index contributed by atoms with van der Waals surface area (Å²) >= 11 is 1.24. The minimum absolute atomic E-state index is 0.161. The van der Waals surface area contributed by atoms with E-state index in [0.29, 0.717) is 46.0 Å². The van der Waals surface area contributed by atoms with Crippen LogP contribution in [0.1, 0.15) is 39.5 Å². The fourth-order valence-electron chi connectivity index (χ4n) is 4.82. The summed E-state index contributed by atoms with van der Waals surface area (Å²) in [7, 11) is 1.59. The molecule has 1 aliphatic heterocycles. The molecule has 0 bridgehead atoms. The largest absolute Gasteiger partial charge is 0.497 e. The Morgan fingerprint density at radius 1 is 1.00 bits per heavy atom. The summed E-state index contributed by atoms with van der Waals surface area (Å²) in [5.41, 5.74) is 3.91. The second kappa shape index (κ2) is 15.3. The van der Waals surface area contributed by atoms with Gasteiger partial charge in [-0.25, -0.2) is 14.2 Å². The van der Waals surface area contributed by atoms with Crippen molar-refractivity contribution < 1.29 is 33.3 Å². The fourth-order valence-corrected chi connectivity index (χ4v) is 5.82. The maximum absolute atomic E-state index is 13.9. The van der Waals surface area contributed by atoms with Gasteiger partial charge in [0.15, 0.2) is 16.7 Å². The second-order valence-electron chi connectivity index (χ2n) is 10.4. The quantitative estimate of drug-likeness (QED) is 0.115. The van der Waals surface area contributed by atoms with Gasteiger partial charge in [-0.2, -0.15) is 0 Å². The second-order valence-corrected chi connectivity index (χ2v) is 11.5. The van der Waals surface area contributed by atoms with Crippen molar-refractivity contribution in [2.24, 2.45) is 4.99 Å². The predicted octanol–water partition coefficient (Wildman–Crippen LogP) is 8.04. The molecule has 5 rings (SSSR count). The molecule has 0 aromatic heterocycles. The van der Waals surface area contributed by atoms with Crippen LogP contribution in [0.2, 0.25) is 0 Å². The van der Waals surface area contributed by atoms with Gasteiger partial charge in [-0.15, -0.1) is 6.58 Å². The van der Waals surface area contributed by atoms with E-state index >= 15 is 0 Å². The molecule has 0 unspecified atom stereocenters. The van der Waals surface area contributed by atoms with Crippen molar-refractivity contribution in [3.63, 3.8) is 0 Å². The molecule has 1 fully saturated rings. The number of rotatable bonds is 13. The van der Waals surface area contributed by atoms with Gasteiger partial charge in [0.2, 0.25) is 0 Å². The van der Waals surface area contributed by atoms with E-state index in [0.717, 1.165) is 22.3 Å². The van der Waals surface area contributed by atoms with E-state index in [1.165, 1.54) is 36.0 Å². The molecule has 0 aliphatic carbocycles. The number of amidine groups is 1. The standard InChI is InChI=1S/C37H33FN2O6S/c1-4-6-28-19-26(20-32(45-5-2)34(28)46-23-25-9-13-29(38)14-10-25)21-33-35(41)40(22-24-7-11-27(12-8-24)36(42)43)37(47-33)39-30-15-17-31(44-3)18-16-30/h4,7-21H,1,5-6,22-23H2,2-3H3,(H,42,43)/b33-21-,39-37?. The van der Waals surface area contributed by atoms with Gasteiger partial charge >= 0.3 is 5.97 Å². The third kappa shape index (κ3) is 8.28. The summed E-state index contributed by atoms with van der Waals surface area (Å²) in [5.74, 6) is 0.163. The summed E-state index contributed by atoms with van der Waals surface area (Å²) in [4.78, 5) is 32.1. The molecule has 8 nitrogen and oxygen atoms in total. The number of aliphatic imine (C=N–C) groups is 1. The van der Waals surface area contributed by atoms with Crippen molar-refractivity contribution in [1.29, 1.82) is 0 Å². The Bertz CT molecular complexity index is 1820. The van der Waals surface area contributed by atoms with Gasteiger partial charge in [0.1, 0.15) is 18.2 Å². The SMILES string of the molecule is C=CCc1cc(/C=C2\SC(=Nc3ccc(OC)cc3)N(Cc3ccc(C(=O)O)cc3)C2=O)cc(OCC)c1OCc1ccc(F)cc1. The number of thioether (sulfide) groups is 1. The molecule has 10 heteroatoms. The zero-order valence-electron chi connectivity index (χ0n) is 25.9. The van der Waals surface area contributed by atoms with Gasteiger partial charge in [-0.1, -0.05) is 30.3 Å². The van der Waals surface area contributed by atoms with Crippen LogP contribution in [0.5, 0.6) is 17.2 Å². The van der Waals surface area contributed by atoms with Gasteiger partial charge in [0, 0.05) is 5.56 Å². The molecule has 1 amide bonds. The minimum atomic E-state index is -1.02. The topological polar surface area (TPSA) is 97.7 Å². The molecule has 0 spiro atoms. The highest BCUT2D eigenvalue weighted by atomic mass is 32.2. The number of carboxylic acid groups (broad SMARTS) is 1. The molecule has 0 saturated carbocycles. The number of benzene rings is 4. The number of hydrogen-bond donors (Lipinski definition) is 1. The van der Waals surface area contributed by atoms with Crippen LogP contribution in [0.25, 0.3) is 6.08 Å². The Kier molecular flexibility index (Phi) is 10.7. The van der Waals surface area contributed by atoms with Crippen molar-refractivity contribution in [1.82, 2.24) is 4.90 Å². The first-order valence-electron chi connectivity index (χ1n) is 14.8. The Hall–Kier alpha value is -5.35. The van der Waals surface area contributed by atoms with E-state index in [-0.39, 0.29) is 30.4 Å². The van der Waals surface area contributed by atoms with Crippen LogP contribution < -0.4 is 14.2 Å². The maximum atomic E-state index is 13.9. The van der Waals surface area contributed by atoms with Gasteiger partial charge in [0.05, 0.1) is 36.4 Å². The van der Waals surface area contributed by atoms with E-state index in [9.17, 15) is 19.1 Å². The molecular formula is C37H33FN2O6S. The summed E-state index contributed by atoms with van der Waals surface area (Å²) in [5, 5.41) is 9.77. The molecule has 1 N–H and O–H groups in total. The lowest BCUT2D eigenvalue weighted by Gasteiger charge is -2.17. The third-order valence-corrected chi connectivity index (χ3v) is 8.15. The van der Waals surface area contributed by atoms with Crippen LogP contribution in [0.15, 0.2) is 107 Å². The number of carbonyl (C=O) groups is 2. The number of aromatic carboxylic acids is 1. The van der Waals surface area contributed by atoms with Crippen molar-refractivity contribution in [3.8, 4) is 17.2 Å². The number of amides is 1. The number of ether oxygens (including phenoxy) is 3.